The summed E-state index contributed by atoms with van der Waals surface area (Å²) in [5, 5.41) is 18.7. The molecular weight excluding hydrogens is 237 g/mol. The van der Waals surface area contributed by atoms with Crippen LogP contribution in [0.5, 0.6) is 0 Å². The van der Waals surface area contributed by atoms with E-state index in [2.05, 4.69) is 0 Å². The highest BCUT2D eigenvalue weighted by Crippen LogP contribution is 2.25. The molecule has 0 aliphatic carbocycles. The molecule has 0 heterocycles. The van der Waals surface area contributed by atoms with E-state index >= 15 is 0 Å². The lowest BCUT2D eigenvalue weighted by Crippen LogP contribution is -1.96. The number of carbonyl (C=O) groups is 1. The van der Waals surface area contributed by atoms with Crippen molar-refractivity contribution in [3.8, 4) is 0 Å². The van der Waals surface area contributed by atoms with Gasteiger partial charge in [0, 0.05) is 16.7 Å². The molecule has 0 atom stereocenters. The zero-order valence-corrected chi connectivity index (χ0v) is 8.87. The second-order valence-corrected chi connectivity index (χ2v) is 4.00. The molecule has 0 bridgehead atoms. The maximum absolute atomic E-state index is 13.3. The highest BCUT2D eigenvalue weighted by molar-refractivity contribution is 7.99. The summed E-state index contributed by atoms with van der Waals surface area (Å²) < 4.78 is 13.3. The van der Waals surface area contributed by atoms with Crippen molar-refractivity contribution >= 4 is 23.4 Å². The normalized spacial score (nSPS) is 10.1. The van der Waals surface area contributed by atoms with Crippen molar-refractivity contribution in [2.75, 3.05) is 5.75 Å². The van der Waals surface area contributed by atoms with Crippen LogP contribution in [-0.2, 0) is 4.79 Å². The van der Waals surface area contributed by atoms with Crippen LogP contribution < -0.4 is 0 Å². The number of aliphatic carboxylic acids is 1. The SMILES string of the molecule is O=C(O)CCSc1ccc([N+](=O)[O-])cc1F. The predicted octanol–water partition coefficient (Wildman–Crippen LogP) is 2.30. The van der Waals surface area contributed by atoms with Crippen LogP contribution in [0.15, 0.2) is 23.1 Å². The molecule has 0 aliphatic heterocycles. The number of hydrogen-bond donors (Lipinski definition) is 1. The van der Waals surface area contributed by atoms with Crippen molar-refractivity contribution in [2.24, 2.45) is 0 Å². The molecule has 0 saturated heterocycles. The quantitative estimate of drug-likeness (QED) is 0.489. The minimum Gasteiger partial charge on any atom is -0.481 e. The monoisotopic (exact) mass is 245 g/mol. The first-order chi connectivity index (χ1) is 7.50. The number of carboxylic acid groups (broad SMARTS) is 1. The average molecular weight is 245 g/mol. The highest BCUT2D eigenvalue weighted by atomic mass is 32.2. The van der Waals surface area contributed by atoms with E-state index in [0.717, 1.165) is 17.8 Å². The first kappa shape index (κ1) is 12.4. The Bertz CT molecular complexity index is 424. The number of non-ortho nitro benzene ring substituents is 1. The van der Waals surface area contributed by atoms with Gasteiger partial charge in [-0.1, -0.05) is 0 Å². The summed E-state index contributed by atoms with van der Waals surface area (Å²) in [6.07, 6.45) is -0.0822. The van der Waals surface area contributed by atoms with Gasteiger partial charge >= 0.3 is 5.97 Å². The molecule has 0 aromatic heterocycles. The Hall–Kier alpha value is -1.63. The molecule has 16 heavy (non-hydrogen) atoms. The summed E-state index contributed by atoms with van der Waals surface area (Å²) in [6, 6.07) is 3.29. The van der Waals surface area contributed by atoms with Crippen molar-refractivity contribution in [3.05, 3.63) is 34.1 Å². The number of halogens is 1. The average Bonchev–Trinajstić information content (AvgIpc) is 2.19. The lowest BCUT2D eigenvalue weighted by Gasteiger charge is -2.01. The molecule has 0 radical (unpaired) electrons. The van der Waals surface area contributed by atoms with Gasteiger partial charge in [0.15, 0.2) is 0 Å². The molecule has 5 nitrogen and oxygen atoms in total. The number of hydrogen-bond acceptors (Lipinski definition) is 4. The molecule has 0 spiro atoms. The number of nitro benzene ring substituents is 1. The summed E-state index contributed by atoms with van der Waals surface area (Å²) in [6.45, 7) is 0. The van der Waals surface area contributed by atoms with Crippen LogP contribution in [0.4, 0.5) is 10.1 Å². The fourth-order valence-electron chi connectivity index (χ4n) is 0.969. The minimum absolute atomic E-state index is 0.0822. The number of carboxylic acids is 1. The van der Waals surface area contributed by atoms with E-state index in [0.29, 0.717) is 0 Å². The first-order valence-electron chi connectivity index (χ1n) is 4.29. The van der Waals surface area contributed by atoms with Gasteiger partial charge in [-0.15, -0.1) is 11.8 Å². The first-order valence-corrected chi connectivity index (χ1v) is 5.28. The topological polar surface area (TPSA) is 80.4 Å². The van der Waals surface area contributed by atoms with Gasteiger partial charge in [-0.05, 0) is 6.07 Å². The van der Waals surface area contributed by atoms with E-state index in [-0.39, 0.29) is 22.8 Å². The van der Waals surface area contributed by atoms with E-state index < -0.39 is 16.7 Å². The largest absolute Gasteiger partial charge is 0.481 e. The summed E-state index contributed by atoms with van der Waals surface area (Å²) in [5.41, 5.74) is -0.319. The van der Waals surface area contributed by atoms with Gasteiger partial charge < -0.3 is 5.11 Å². The Labute approximate surface area is 94.4 Å². The number of thioether (sulfide) groups is 1. The Kier molecular flexibility index (Phi) is 4.24. The van der Waals surface area contributed by atoms with Gasteiger partial charge in [0.05, 0.1) is 17.4 Å². The van der Waals surface area contributed by atoms with Gasteiger partial charge in [-0.3, -0.25) is 14.9 Å². The van der Waals surface area contributed by atoms with Gasteiger partial charge in [-0.2, -0.15) is 0 Å². The van der Waals surface area contributed by atoms with Gasteiger partial charge in [0.2, 0.25) is 0 Å². The zero-order chi connectivity index (χ0) is 12.1. The van der Waals surface area contributed by atoms with Crippen molar-refractivity contribution in [1.82, 2.24) is 0 Å². The van der Waals surface area contributed by atoms with E-state index in [1.165, 1.54) is 12.1 Å². The molecule has 1 N–H and O–H groups in total. The summed E-state index contributed by atoms with van der Waals surface area (Å²) >= 11 is 1.02. The molecular formula is C9H8FNO4S. The molecule has 0 amide bonds. The Morgan fingerprint density at radius 3 is 2.75 bits per heavy atom. The molecule has 0 unspecified atom stereocenters. The number of rotatable bonds is 5. The van der Waals surface area contributed by atoms with Crippen LogP contribution in [0, 0.1) is 15.9 Å². The third-order valence-electron chi connectivity index (χ3n) is 1.70. The Morgan fingerprint density at radius 2 is 2.25 bits per heavy atom. The zero-order valence-electron chi connectivity index (χ0n) is 8.05. The van der Waals surface area contributed by atoms with Crippen LogP contribution in [0.25, 0.3) is 0 Å². The number of nitro groups is 1. The molecule has 0 aliphatic rings. The maximum Gasteiger partial charge on any atom is 0.304 e. The van der Waals surface area contributed by atoms with Crippen molar-refractivity contribution in [1.29, 1.82) is 0 Å². The van der Waals surface area contributed by atoms with E-state index in [4.69, 9.17) is 5.11 Å². The second-order valence-electron chi connectivity index (χ2n) is 2.86. The molecule has 0 fully saturated rings. The van der Waals surface area contributed by atoms with Crippen molar-refractivity contribution < 1.29 is 19.2 Å². The van der Waals surface area contributed by atoms with E-state index in [1.807, 2.05) is 0 Å². The van der Waals surface area contributed by atoms with Crippen LogP contribution >= 0.6 is 11.8 Å². The minimum atomic E-state index is -0.963. The molecule has 1 aromatic carbocycles. The predicted molar refractivity (Wildman–Crippen MR) is 56.0 cm³/mol. The van der Waals surface area contributed by atoms with Gasteiger partial charge in [-0.25, -0.2) is 4.39 Å². The smallest absolute Gasteiger partial charge is 0.304 e. The number of nitrogens with zero attached hydrogens (tertiary/aromatic N) is 1. The molecule has 0 saturated carbocycles. The van der Waals surface area contributed by atoms with Gasteiger partial charge in [0.1, 0.15) is 5.82 Å². The fourth-order valence-corrected chi connectivity index (χ4v) is 1.83. The van der Waals surface area contributed by atoms with Gasteiger partial charge in [0.25, 0.3) is 5.69 Å². The fraction of sp³-hybridized carbons (Fsp3) is 0.222. The van der Waals surface area contributed by atoms with Crippen molar-refractivity contribution in [2.45, 2.75) is 11.3 Å². The summed E-state index contributed by atoms with van der Waals surface area (Å²) in [7, 11) is 0. The van der Waals surface area contributed by atoms with Crippen LogP contribution in [0.1, 0.15) is 6.42 Å². The van der Waals surface area contributed by atoms with Crippen LogP contribution in [-0.4, -0.2) is 21.8 Å². The highest BCUT2D eigenvalue weighted by Gasteiger charge is 2.11. The third kappa shape index (κ3) is 3.50. The molecule has 1 rings (SSSR count). The Morgan fingerprint density at radius 1 is 1.56 bits per heavy atom. The van der Waals surface area contributed by atoms with E-state index in [1.54, 1.807) is 0 Å². The Balaban J connectivity index is 2.68. The standard InChI is InChI=1S/C9H8FNO4S/c10-7-5-6(11(14)15)1-2-8(7)16-4-3-9(12)13/h1-2,5H,3-4H2,(H,12,13). The molecule has 86 valence electrons. The molecule has 7 heteroatoms. The lowest BCUT2D eigenvalue weighted by molar-refractivity contribution is -0.385. The van der Waals surface area contributed by atoms with Crippen molar-refractivity contribution in [3.63, 3.8) is 0 Å². The van der Waals surface area contributed by atoms with E-state index in [9.17, 15) is 19.3 Å². The number of benzene rings is 1. The molecule has 1 aromatic rings. The van der Waals surface area contributed by atoms with Crippen LogP contribution in [0.2, 0.25) is 0 Å². The maximum atomic E-state index is 13.3. The third-order valence-corrected chi connectivity index (χ3v) is 2.75. The summed E-state index contributed by atoms with van der Waals surface area (Å²) in [4.78, 5) is 20.1. The second kappa shape index (κ2) is 5.45. The lowest BCUT2D eigenvalue weighted by atomic mass is 10.3. The summed E-state index contributed by atoms with van der Waals surface area (Å²) in [5.74, 6) is -1.44. The van der Waals surface area contributed by atoms with Crippen LogP contribution in [0.3, 0.4) is 0 Å².